The summed E-state index contributed by atoms with van der Waals surface area (Å²) in [5.41, 5.74) is 0. The lowest BCUT2D eigenvalue weighted by atomic mass is 10.3. The Balaban J connectivity index is -0.0000000510. The molecule has 0 rings (SSSR count). The predicted molar refractivity (Wildman–Crippen MR) is 63.5 cm³/mol. The zero-order valence-corrected chi connectivity index (χ0v) is 10.0. The Bertz CT molecular complexity index is 99.6. The minimum absolute atomic E-state index is 2.06. The second kappa shape index (κ2) is 27.9. The van der Waals surface area contributed by atoms with Crippen molar-refractivity contribution in [2.75, 3.05) is 0 Å². The Labute approximate surface area is 118 Å². The van der Waals surface area contributed by atoms with Crippen LogP contribution in [0.25, 0.3) is 0 Å². The Hall–Kier alpha value is -0.315. The van der Waals surface area contributed by atoms with Gasteiger partial charge in [-0.2, -0.15) is 0 Å². The van der Waals surface area contributed by atoms with Crippen molar-refractivity contribution in [1.82, 2.24) is 0 Å². The molecule has 0 aromatic rings. The van der Waals surface area contributed by atoms with Gasteiger partial charge in [0.2, 0.25) is 0 Å². The molecule has 0 aromatic carbocycles. The van der Waals surface area contributed by atoms with Crippen LogP contribution in [-0.2, 0) is 4.81 Å². The van der Waals surface area contributed by atoms with Gasteiger partial charge >= 0.3 is 36.6 Å². The van der Waals surface area contributed by atoms with Crippen molar-refractivity contribution in [1.29, 1.82) is 0 Å². The van der Waals surface area contributed by atoms with Gasteiger partial charge in [-0.25, -0.2) is 4.81 Å². The average molecular weight is 325 g/mol. The smallest absolute Gasteiger partial charge is 0.402 e. The van der Waals surface area contributed by atoms with Gasteiger partial charge in [0.05, 0.1) is 0 Å². The van der Waals surface area contributed by atoms with Crippen LogP contribution in [0.3, 0.4) is 0 Å². The minimum atomic E-state index is -2.17. The molecule has 0 heterocycles. The molecule has 0 spiro atoms. The molecular formula is H15B5O16. The highest BCUT2D eigenvalue weighted by Gasteiger charge is 2.03. The van der Waals surface area contributed by atoms with E-state index in [0.29, 0.717) is 0 Å². The first kappa shape index (κ1) is 32.6. The zero-order valence-electron chi connectivity index (χ0n) is 10.0. The van der Waals surface area contributed by atoms with Crippen molar-refractivity contribution in [3.8, 4) is 0 Å². The van der Waals surface area contributed by atoms with E-state index in [1.807, 2.05) is 0 Å². The molecule has 0 saturated heterocycles. The molecule has 0 aliphatic carbocycles. The molecule has 0 atom stereocenters. The highest BCUT2D eigenvalue weighted by molar-refractivity contribution is 6.32. The molecule has 0 unspecified atom stereocenters. The normalized spacial score (nSPS) is 7.00. The van der Waals surface area contributed by atoms with Crippen LogP contribution in [0.2, 0.25) is 0 Å². The van der Waals surface area contributed by atoms with E-state index < -0.39 is 36.6 Å². The van der Waals surface area contributed by atoms with E-state index in [9.17, 15) is 0 Å². The molecule has 0 radical (unpaired) electrons. The molecular weight excluding hydrogens is 310 g/mol. The first-order valence-corrected chi connectivity index (χ1v) is 4.03. The van der Waals surface area contributed by atoms with Gasteiger partial charge in [-0.15, -0.1) is 0 Å². The first-order valence-electron chi connectivity index (χ1n) is 4.03. The third-order valence-corrected chi connectivity index (χ3v) is 0.0943. The lowest BCUT2D eigenvalue weighted by molar-refractivity contribution is -0.173. The van der Waals surface area contributed by atoms with Crippen LogP contribution in [-0.4, -0.2) is 112 Å². The summed E-state index contributed by atoms with van der Waals surface area (Å²) in [5, 5.41) is 108. The lowest BCUT2D eigenvalue weighted by Gasteiger charge is -1.82. The summed E-state index contributed by atoms with van der Waals surface area (Å²) in [6.07, 6.45) is 0. The standard InChI is InChI=1S/BH3O4.4BH3O3/c2-1(3)5-4;4*2-1(3)4/h2-4H;4*2-4H. The molecule has 21 heavy (non-hydrogen) atoms. The van der Waals surface area contributed by atoms with Crippen molar-refractivity contribution in [3.63, 3.8) is 0 Å². The van der Waals surface area contributed by atoms with Crippen molar-refractivity contribution in [2.24, 2.45) is 0 Å². The third-order valence-electron chi connectivity index (χ3n) is 0.0943. The monoisotopic (exact) mass is 326 g/mol. The van der Waals surface area contributed by atoms with Gasteiger partial charge in [0.25, 0.3) is 0 Å². The summed E-state index contributed by atoms with van der Waals surface area (Å²) >= 11 is 0. The number of rotatable bonds is 1. The Morgan fingerprint density at radius 2 is 0.429 bits per heavy atom. The van der Waals surface area contributed by atoms with Crippen LogP contribution in [0.4, 0.5) is 0 Å². The molecule has 0 saturated carbocycles. The van der Waals surface area contributed by atoms with E-state index in [1.54, 1.807) is 0 Å². The van der Waals surface area contributed by atoms with Gasteiger partial charge in [-0.05, 0) is 0 Å². The fraction of sp³-hybridized carbons (Fsp3) is 0. The number of hydrogen-bond donors (Lipinski definition) is 15. The summed E-state index contributed by atoms with van der Waals surface area (Å²) in [6, 6.07) is 0. The SMILES string of the molecule is OB(O)O.OB(O)O.OB(O)O.OB(O)O.OOB(O)O. The Kier molecular flexibility index (Phi) is 43.3. The van der Waals surface area contributed by atoms with E-state index in [-0.39, 0.29) is 0 Å². The van der Waals surface area contributed by atoms with Gasteiger partial charge in [0, 0.05) is 0 Å². The lowest BCUT2D eigenvalue weighted by Crippen LogP contribution is -2.13. The molecule has 0 aliphatic heterocycles. The molecule has 16 nitrogen and oxygen atoms in total. The second-order valence-electron chi connectivity index (χ2n) is 1.82. The van der Waals surface area contributed by atoms with Crippen LogP contribution >= 0.6 is 0 Å². The highest BCUT2D eigenvalue weighted by Crippen LogP contribution is 1.58. The maximum absolute atomic E-state index is 7.44. The van der Waals surface area contributed by atoms with Crippen LogP contribution in [0.5, 0.6) is 0 Å². The van der Waals surface area contributed by atoms with Crippen LogP contribution in [0.1, 0.15) is 0 Å². The van der Waals surface area contributed by atoms with Gasteiger partial charge < -0.3 is 70.3 Å². The second-order valence-corrected chi connectivity index (χ2v) is 1.82. The third kappa shape index (κ3) is 2170. The van der Waals surface area contributed by atoms with Crippen molar-refractivity contribution in [2.45, 2.75) is 0 Å². The van der Waals surface area contributed by atoms with Crippen molar-refractivity contribution >= 4 is 36.6 Å². The molecule has 0 bridgehead atoms. The van der Waals surface area contributed by atoms with Gasteiger partial charge in [-0.1, -0.05) is 0 Å². The molecule has 126 valence electrons. The summed E-state index contributed by atoms with van der Waals surface area (Å²) < 4.78 is 0. The molecule has 0 aliphatic rings. The largest absolute Gasteiger partial charge is 0.662 e. The van der Waals surface area contributed by atoms with E-state index >= 15 is 0 Å². The first-order chi connectivity index (χ1) is 9.20. The summed E-state index contributed by atoms with van der Waals surface area (Å²) in [5.74, 6) is 0. The van der Waals surface area contributed by atoms with Gasteiger partial charge in [0.1, 0.15) is 0 Å². The predicted octanol–water partition coefficient (Wildman–Crippen LogP) is -9.76. The van der Waals surface area contributed by atoms with Gasteiger partial charge in [0.15, 0.2) is 0 Å². The van der Waals surface area contributed by atoms with E-state index in [0.717, 1.165) is 0 Å². The highest BCUT2D eigenvalue weighted by atomic mass is 17.1. The summed E-state index contributed by atoms with van der Waals surface area (Å²) in [6.45, 7) is 0. The molecule has 15 N–H and O–H groups in total. The van der Waals surface area contributed by atoms with Crippen LogP contribution < -0.4 is 0 Å². The Morgan fingerprint density at radius 1 is 0.381 bits per heavy atom. The quantitative estimate of drug-likeness (QED) is 0.121. The topological polar surface area (TPSA) is 313 Å². The molecule has 21 heteroatoms. The molecule has 0 fully saturated rings. The van der Waals surface area contributed by atoms with E-state index in [2.05, 4.69) is 4.81 Å². The van der Waals surface area contributed by atoms with Crippen LogP contribution in [0, 0.1) is 0 Å². The van der Waals surface area contributed by atoms with E-state index in [4.69, 9.17) is 75.6 Å². The number of hydrogen-bond acceptors (Lipinski definition) is 16. The van der Waals surface area contributed by atoms with Gasteiger partial charge in [-0.3, -0.25) is 5.26 Å². The average Bonchev–Trinajstić information content (AvgIpc) is 2.13. The maximum Gasteiger partial charge on any atom is 0.662 e. The fourth-order valence-corrected chi connectivity index (χ4v) is 0. The minimum Gasteiger partial charge on any atom is -0.402 e. The Morgan fingerprint density at radius 3 is 0.429 bits per heavy atom. The zero-order chi connectivity index (χ0) is 18.6. The maximum atomic E-state index is 7.44. The summed E-state index contributed by atoms with van der Waals surface area (Å²) in [4.78, 5) is 2.86. The van der Waals surface area contributed by atoms with Crippen molar-refractivity contribution in [3.05, 3.63) is 0 Å². The fourth-order valence-electron chi connectivity index (χ4n) is 0. The van der Waals surface area contributed by atoms with Crippen molar-refractivity contribution < 1.29 is 80.4 Å². The van der Waals surface area contributed by atoms with Crippen LogP contribution in [0.15, 0.2) is 0 Å². The molecule has 0 amide bonds. The van der Waals surface area contributed by atoms with E-state index in [1.165, 1.54) is 0 Å². The summed E-state index contributed by atoms with van der Waals surface area (Å²) in [7, 11) is -10.7. The molecule has 0 aromatic heterocycles.